The van der Waals surface area contributed by atoms with Crippen LogP contribution in [0.15, 0.2) is 0 Å². The van der Waals surface area contributed by atoms with E-state index < -0.39 is 0 Å². The smallest absolute Gasteiger partial charge is 0.0218 e. The molecule has 1 fully saturated rings. The second-order valence-electron chi connectivity index (χ2n) is 6.37. The van der Waals surface area contributed by atoms with E-state index >= 15 is 0 Å². The van der Waals surface area contributed by atoms with Crippen LogP contribution in [0.4, 0.5) is 0 Å². The molecule has 0 aromatic rings. The Bertz CT molecular complexity index is 216. The molecule has 0 bridgehead atoms. The van der Waals surface area contributed by atoms with Gasteiger partial charge in [0.1, 0.15) is 0 Å². The summed E-state index contributed by atoms with van der Waals surface area (Å²) in [6.07, 6.45) is 3.97. The Hall–Kier alpha value is -0.120. The molecule has 1 saturated heterocycles. The summed E-state index contributed by atoms with van der Waals surface area (Å²) in [5.41, 5.74) is 0. The number of hydrogen-bond acceptors (Lipinski definition) is 3. The summed E-state index contributed by atoms with van der Waals surface area (Å²) >= 11 is 0. The van der Waals surface area contributed by atoms with E-state index in [1.807, 2.05) is 0 Å². The molecule has 0 amide bonds. The van der Waals surface area contributed by atoms with Crippen LogP contribution in [0.3, 0.4) is 0 Å². The molecular formula is C15H33N3. The summed E-state index contributed by atoms with van der Waals surface area (Å²) in [5.74, 6) is 0.749. The molecule has 0 aromatic heterocycles. The Morgan fingerprint density at radius 3 is 2.56 bits per heavy atom. The molecule has 0 aliphatic carbocycles. The summed E-state index contributed by atoms with van der Waals surface area (Å²) in [4.78, 5) is 5.09. The van der Waals surface area contributed by atoms with Gasteiger partial charge in [0.25, 0.3) is 0 Å². The van der Waals surface area contributed by atoms with Gasteiger partial charge in [0, 0.05) is 25.2 Å². The van der Waals surface area contributed by atoms with Gasteiger partial charge in [-0.05, 0) is 52.4 Å². The van der Waals surface area contributed by atoms with E-state index in [4.69, 9.17) is 0 Å². The van der Waals surface area contributed by atoms with Crippen LogP contribution < -0.4 is 5.32 Å². The molecule has 1 aliphatic heterocycles. The van der Waals surface area contributed by atoms with Crippen LogP contribution in [-0.2, 0) is 0 Å². The van der Waals surface area contributed by atoms with Gasteiger partial charge < -0.3 is 10.2 Å². The molecule has 1 N–H and O–H groups in total. The van der Waals surface area contributed by atoms with E-state index in [1.165, 1.54) is 32.4 Å². The van der Waals surface area contributed by atoms with Crippen LogP contribution in [0.2, 0.25) is 0 Å². The molecule has 18 heavy (non-hydrogen) atoms. The first kappa shape index (κ1) is 15.9. The second kappa shape index (κ2) is 8.13. The van der Waals surface area contributed by atoms with Gasteiger partial charge in [-0.2, -0.15) is 0 Å². The summed E-state index contributed by atoms with van der Waals surface area (Å²) < 4.78 is 0. The van der Waals surface area contributed by atoms with Crippen molar-refractivity contribution in [3.05, 3.63) is 0 Å². The van der Waals surface area contributed by atoms with Crippen LogP contribution in [0, 0.1) is 5.92 Å². The molecule has 0 radical (unpaired) electrons. The van der Waals surface area contributed by atoms with Crippen molar-refractivity contribution >= 4 is 0 Å². The maximum absolute atomic E-state index is 3.62. The lowest BCUT2D eigenvalue weighted by atomic mass is 10.0. The first-order valence-electron chi connectivity index (χ1n) is 7.65. The van der Waals surface area contributed by atoms with Crippen LogP contribution in [0.25, 0.3) is 0 Å². The maximum Gasteiger partial charge on any atom is 0.0218 e. The predicted octanol–water partition coefficient (Wildman–Crippen LogP) is 2.04. The fourth-order valence-corrected chi connectivity index (χ4v) is 2.81. The molecule has 2 atom stereocenters. The molecule has 0 saturated carbocycles. The van der Waals surface area contributed by atoms with E-state index in [0.717, 1.165) is 25.0 Å². The summed E-state index contributed by atoms with van der Waals surface area (Å²) in [6, 6.07) is 1.46. The zero-order valence-corrected chi connectivity index (χ0v) is 13.1. The van der Waals surface area contributed by atoms with Crippen LogP contribution in [0.5, 0.6) is 0 Å². The number of hydrogen-bond donors (Lipinski definition) is 1. The number of nitrogens with one attached hydrogen (secondary N) is 1. The van der Waals surface area contributed by atoms with Gasteiger partial charge >= 0.3 is 0 Å². The van der Waals surface area contributed by atoms with Crippen LogP contribution in [0.1, 0.15) is 40.0 Å². The van der Waals surface area contributed by atoms with E-state index in [9.17, 15) is 0 Å². The van der Waals surface area contributed by atoms with Gasteiger partial charge in [-0.25, -0.2) is 0 Å². The van der Waals surface area contributed by atoms with Crippen molar-refractivity contribution in [3.8, 4) is 0 Å². The lowest BCUT2D eigenvalue weighted by Gasteiger charge is -2.40. The SMILES string of the molecule is CCC(CNCC(C)C)N1CCCC(N(C)C)C1. The van der Waals surface area contributed by atoms with Gasteiger partial charge in [0.05, 0.1) is 0 Å². The average Bonchev–Trinajstić information content (AvgIpc) is 2.34. The minimum atomic E-state index is 0.714. The standard InChI is InChI=1S/C15H33N3/c1-6-14(11-16-10-13(2)3)18-9-7-8-15(12-18)17(4)5/h13-16H,6-12H2,1-5H3. The van der Waals surface area contributed by atoms with Crippen molar-refractivity contribution in [2.45, 2.75) is 52.1 Å². The highest BCUT2D eigenvalue weighted by atomic mass is 15.2. The summed E-state index contributed by atoms with van der Waals surface area (Å²) in [5, 5.41) is 3.62. The minimum absolute atomic E-state index is 0.714. The largest absolute Gasteiger partial charge is 0.315 e. The highest BCUT2D eigenvalue weighted by Crippen LogP contribution is 2.17. The van der Waals surface area contributed by atoms with Gasteiger partial charge in [0.15, 0.2) is 0 Å². The molecule has 0 aromatic carbocycles. The average molecular weight is 255 g/mol. The fourth-order valence-electron chi connectivity index (χ4n) is 2.81. The molecule has 1 heterocycles. The molecule has 0 spiro atoms. The van der Waals surface area contributed by atoms with Gasteiger partial charge in [0.2, 0.25) is 0 Å². The number of nitrogens with zero attached hydrogens (tertiary/aromatic N) is 2. The Morgan fingerprint density at radius 1 is 1.28 bits per heavy atom. The number of likely N-dealkylation sites (tertiary alicyclic amines) is 1. The van der Waals surface area contributed by atoms with E-state index in [1.54, 1.807) is 0 Å². The van der Waals surface area contributed by atoms with Crippen LogP contribution in [-0.4, -0.2) is 62.2 Å². The second-order valence-corrected chi connectivity index (χ2v) is 6.37. The van der Waals surface area contributed by atoms with Crippen molar-refractivity contribution in [1.82, 2.24) is 15.1 Å². The first-order valence-corrected chi connectivity index (χ1v) is 7.65. The monoisotopic (exact) mass is 255 g/mol. The Kier molecular flexibility index (Phi) is 7.20. The summed E-state index contributed by atoms with van der Waals surface area (Å²) in [6.45, 7) is 11.7. The van der Waals surface area contributed by atoms with Crippen molar-refractivity contribution in [1.29, 1.82) is 0 Å². The van der Waals surface area contributed by atoms with Gasteiger partial charge in [-0.1, -0.05) is 20.8 Å². The number of piperidine rings is 1. The third-order valence-corrected chi connectivity index (χ3v) is 4.08. The van der Waals surface area contributed by atoms with E-state index in [-0.39, 0.29) is 0 Å². The molecule has 3 heteroatoms. The minimum Gasteiger partial charge on any atom is -0.315 e. The molecule has 1 aliphatic rings. The topological polar surface area (TPSA) is 18.5 Å². The van der Waals surface area contributed by atoms with Crippen molar-refractivity contribution < 1.29 is 0 Å². The zero-order chi connectivity index (χ0) is 13.5. The first-order chi connectivity index (χ1) is 8.54. The lowest BCUT2D eigenvalue weighted by Crippen LogP contribution is -2.51. The maximum atomic E-state index is 3.62. The van der Waals surface area contributed by atoms with Crippen molar-refractivity contribution in [3.63, 3.8) is 0 Å². The lowest BCUT2D eigenvalue weighted by molar-refractivity contribution is 0.0928. The zero-order valence-electron chi connectivity index (χ0n) is 13.1. The predicted molar refractivity (Wildman–Crippen MR) is 80.1 cm³/mol. The number of rotatable bonds is 7. The third kappa shape index (κ3) is 5.25. The Balaban J connectivity index is 2.38. The highest BCUT2D eigenvalue weighted by molar-refractivity contribution is 4.83. The van der Waals surface area contributed by atoms with Crippen molar-refractivity contribution in [2.24, 2.45) is 5.92 Å². The Morgan fingerprint density at radius 2 is 2.00 bits per heavy atom. The third-order valence-electron chi connectivity index (χ3n) is 4.08. The van der Waals surface area contributed by atoms with E-state index in [2.05, 4.69) is 50.0 Å². The van der Waals surface area contributed by atoms with E-state index in [0.29, 0.717) is 6.04 Å². The molecule has 3 nitrogen and oxygen atoms in total. The normalized spacial score (nSPS) is 23.8. The molecule has 108 valence electrons. The van der Waals surface area contributed by atoms with Crippen molar-refractivity contribution in [2.75, 3.05) is 40.3 Å². The van der Waals surface area contributed by atoms with Crippen LogP contribution >= 0.6 is 0 Å². The number of likely N-dealkylation sites (N-methyl/N-ethyl adjacent to an activating group) is 1. The molecular weight excluding hydrogens is 222 g/mol. The molecule has 2 unspecified atom stereocenters. The fraction of sp³-hybridized carbons (Fsp3) is 1.00. The van der Waals surface area contributed by atoms with Gasteiger partial charge in [-0.3, -0.25) is 4.90 Å². The summed E-state index contributed by atoms with van der Waals surface area (Å²) in [7, 11) is 4.43. The molecule has 1 rings (SSSR count). The highest BCUT2D eigenvalue weighted by Gasteiger charge is 2.25. The Labute approximate surface area is 114 Å². The quantitative estimate of drug-likeness (QED) is 0.751. The van der Waals surface area contributed by atoms with Gasteiger partial charge in [-0.15, -0.1) is 0 Å².